The standard InChI is InChI=1S/C24H42N6O8S2/c1-23(2)19(33)27-15(17(31)37-5)13-39-40-14-16(18(32)38-6)28-20(34)24(3,4)30-22(36)26-12-10-8-7-9-11-25-21(35)29-23/h15-16H,7-14H2,1-6H3,(H,27,33)(H,28,34)(H2,25,29,35)(H2,26,30,36)/t15-,16?/m1/s1. The first-order valence-corrected chi connectivity index (χ1v) is 15.4. The van der Waals surface area contributed by atoms with Gasteiger partial charge in [-0.2, -0.15) is 0 Å². The fourth-order valence-corrected chi connectivity index (χ4v) is 5.61. The number of rotatable bonds is 2. The van der Waals surface area contributed by atoms with Gasteiger partial charge in [-0.05, 0) is 40.5 Å². The third-order valence-electron chi connectivity index (χ3n) is 5.80. The van der Waals surface area contributed by atoms with Crippen molar-refractivity contribution >= 4 is 57.4 Å². The van der Waals surface area contributed by atoms with E-state index < -0.39 is 59.0 Å². The monoisotopic (exact) mass is 606 g/mol. The van der Waals surface area contributed by atoms with Gasteiger partial charge < -0.3 is 41.4 Å². The minimum Gasteiger partial charge on any atom is -0.467 e. The summed E-state index contributed by atoms with van der Waals surface area (Å²) in [7, 11) is 4.70. The molecule has 228 valence electrons. The van der Waals surface area contributed by atoms with Gasteiger partial charge in [0.25, 0.3) is 0 Å². The molecule has 2 atom stereocenters. The Bertz CT molecular complexity index is 846. The van der Waals surface area contributed by atoms with Gasteiger partial charge in [-0.25, -0.2) is 19.2 Å². The molecular formula is C24H42N6O8S2. The molecule has 0 aromatic carbocycles. The van der Waals surface area contributed by atoms with Gasteiger partial charge in [-0.15, -0.1) is 0 Å². The van der Waals surface area contributed by atoms with Crippen molar-refractivity contribution in [2.45, 2.75) is 76.5 Å². The number of hydrogen-bond acceptors (Lipinski definition) is 10. The molecule has 1 aliphatic heterocycles. The van der Waals surface area contributed by atoms with Crippen molar-refractivity contribution in [3.63, 3.8) is 0 Å². The highest BCUT2D eigenvalue weighted by Gasteiger charge is 2.35. The average Bonchev–Trinajstić information content (AvgIpc) is 2.88. The van der Waals surface area contributed by atoms with Crippen LogP contribution in [0, 0.1) is 0 Å². The minimum absolute atomic E-state index is 0.0699. The minimum atomic E-state index is -1.33. The fourth-order valence-electron chi connectivity index (χ4n) is 3.31. The molecule has 1 heterocycles. The highest BCUT2D eigenvalue weighted by molar-refractivity contribution is 8.76. The second-order valence-electron chi connectivity index (χ2n) is 10.1. The van der Waals surface area contributed by atoms with Gasteiger partial charge in [0.2, 0.25) is 11.8 Å². The molecule has 1 aliphatic rings. The van der Waals surface area contributed by atoms with E-state index in [1.807, 2.05) is 0 Å². The van der Waals surface area contributed by atoms with Crippen molar-refractivity contribution in [3.05, 3.63) is 0 Å². The lowest BCUT2D eigenvalue weighted by molar-refractivity contribution is -0.145. The summed E-state index contributed by atoms with van der Waals surface area (Å²) in [6, 6.07) is -3.13. The van der Waals surface area contributed by atoms with Crippen molar-refractivity contribution in [2.75, 3.05) is 38.8 Å². The molecule has 1 unspecified atom stereocenters. The zero-order chi connectivity index (χ0) is 30.3. The van der Waals surface area contributed by atoms with Gasteiger partial charge in [-0.3, -0.25) is 9.59 Å². The molecule has 14 nitrogen and oxygen atoms in total. The second-order valence-corrected chi connectivity index (χ2v) is 12.6. The van der Waals surface area contributed by atoms with Crippen molar-refractivity contribution in [3.8, 4) is 0 Å². The topological polar surface area (TPSA) is 193 Å². The third kappa shape index (κ3) is 12.5. The Morgan fingerprint density at radius 2 is 1.02 bits per heavy atom. The van der Waals surface area contributed by atoms with E-state index in [9.17, 15) is 28.8 Å². The molecule has 0 aliphatic carbocycles. The van der Waals surface area contributed by atoms with E-state index in [1.165, 1.54) is 41.9 Å². The van der Waals surface area contributed by atoms with Crippen LogP contribution >= 0.6 is 21.6 Å². The summed E-state index contributed by atoms with van der Waals surface area (Å²) in [6.07, 6.45) is 2.99. The maximum Gasteiger partial charge on any atom is 0.329 e. The fraction of sp³-hybridized carbons (Fsp3) is 0.750. The number of nitrogens with one attached hydrogen (secondary N) is 6. The molecule has 0 spiro atoms. The normalized spacial score (nSPS) is 24.2. The lowest BCUT2D eigenvalue weighted by Crippen LogP contribution is -2.60. The van der Waals surface area contributed by atoms with E-state index in [4.69, 9.17) is 9.47 Å². The van der Waals surface area contributed by atoms with Crippen LogP contribution in [0.25, 0.3) is 0 Å². The van der Waals surface area contributed by atoms with E-state index in [2.05, 4.69) is 31.9 Å². The predicted octanol–water partition coefficient (Wildman–Crippen LogP) is 0.413. The van der Waals surface area contributed by atoms with Crippen LogP contribution in [0.4, 0.5) is 9.59 Å². The number of methoxy groups -OCH3 is 2. The van der Waals surface area contributed by atoms with E-state index >= 15 is 0 Å². The first-order chi connectivity index (χ1) is 18.7. The van der Waals surface area contributed by atoms with Gasteiger partial charge >= 0.3 is 24.0 Å². The number of ether oxygens (including phenoxy) is 2. The summed E-state index contributed by atoms with van der Waals surface area (Å²) in [5, 5.41) is 15.8. The second kappa shape index (κ2) is 17.0. The zero-order valence-electron chi connectivity index (χ0n) is 23.9. The molecular weight excluding hydrogens is 564 g/mol. The molecule has 6 N–H and O–H groups in total. The van der Waals surface area contributed by atoms with Crippen LogP contribution in [0.2, 0.25) is 0 Å². The largest absolute Gasteiger partial charge is 0.467 e. The molecule has 16 heteroatoms. The number of amides is 6. The Morgan fingerprint density at radius 3 is 1.35 bits per heavy atom. The number of urea groups is 2. The first kappa shape index (κ1) is 35.1. The smallest absolute Gasteiger partial charge is 0.329 e. The summed E-state index contributed by atoms with van der Waals surface area (Å²) in [6.45, 7) is 6.83. The van der Waals surface area contributed by atoms with Gasteiger partial charge in [0.15, 0.2) is 0 Å². The first-order valence-electron chi connectivity index (χ1n) is 12.9. The molecule has 0 bridgehead atoms. The highest BCUT2D eigenvalue weighted by atomic mass is 33.1. The molecule has 0 radical (unpaired) electrons. The Kier molecular flexibility index (Phi) is 15.0. The van der Waals surface area contributed by atoms with Crippen molar-refractivity contribution in [1.29, 1.82) is 0 Å². The van der Waals surface area contributed by atoms with Crippen LogP contribution in [0.15, 0.2) is 0 Å². The van der Waals surface area contributed by atoms with Crippen molar-refractivity contribution in [2.24, 2.45) is 0 Å². The molecule has 0 aromatic heterocycles. The van der Waals surface area contributed by atoms with Crippen LogP contribution in [0.5, 0.6) is 0 Å². The van der Waals surface area contributed by atoms with E-state index in [-0.39, 0.29) is 11.5 Å². The molecule has 6 amide bonds. The number of carbonyl (C=O) groups excluding carboxylic acids is 6. The van der Waals surface area contributed by atoms with Crippen LogP contribution in [0.1, 0.15) is 53.4 Å². The van der Waals surface area contributed by atoms with Gasteiger partial charge in [0, 0.05) is 24.6 Å². The Hall–Kier alpha value is -2.88. The van der Waals surface area contributed by atoms with Gasteiger partial charge in [-0.1, -0.05) is 34.4 Å². The summed E-state index contributed by atoms with van der Waals surface area (Å²) < 4.78 is 9.61. The van der Waals surface area contributed by atoms with Crippen LogP contribution in [-0.4, -0.2) is 97.8 Å². The third-order valence-corrected chi connectivity index (χ3v) is 8.22. The van der Waals surface area contributed by atoms with E-state index in [0.717, 1.165) is 34.4 Å². The zero-order valence-corrected chi connectivity index (χ0v) is 25.5. The summed E-state index contributed by atoms with van der Waals surface area (Å²) in [5.41, 5.74) is -2.66. The summed E-state index contributed by atoms with van der Waals surface area (Å²) in [5.74, 6) is -2.41. The molecule has 0 saturated carbocycles. The lowest BCUT2D eigenvalue weighted by Gasteiger charge is -2.28. The highest BCUT2D eigenvalue weighted by Crippen LogP contribution is 2.24. The van der Waals surface area contributed by atoms with Crippen LogP contribution < -0.4 is 31.9 Å². The van der Waals surface area contributed by atoms with Crippen molar-refractivity contribution < 1.29 is 38.2 Å². The molecule has 1 saturated heterocycles. The Labute approximate surface area is 242 Å². The maximum atomic E-state index is 12.9. The van der Waals surface area contributed by atoms with Crippen molar-refractivity contribution in [1.82, 2.24) is 31.9 Å². The van der Waals surface area contributed by atoms with E-state index in [1.54, 1.807) is 0 Å². The summed E-state index contributed by atoms with van der Waals surface area (Å²) >= 11 is 0. The Morgan fingerprint density at radius 1 is 0.675 bits per heavy atom. The summed E-state index contributed by atoms with van der Waals surface area (Å²) in [4.78, 5) is 75.1. The number of carbonyl (C=O) groups is 6. The molecule has 1 fully saturated rings. The maximum absolute atomic E-state index is 12.9. The number of hydrogen-bond donors (Lipinski definition) is 6. The molecule has 0 aromatic rings. The van der Waals surface area contributed by atoms with E-state index in [0.29, 0.717) is 25.9 Å². The molecule has 1 rings (SSSR count). The van der Waals surface area contributed by atoms with Gasteiger partial charge in [0.1, 0.15) is 23.2 Å². The Balaban J connectivity index is 3.02. The predicted molar refractivity (Wildman–Crippen MR) is 153 cm³/mol. The number of esters is 2. The molecule has 40 heavy (non-hydrogen) atoms. The average molecular weight is 607 g/mol. The van der Waals surface area contributed by atoms with Gasteiger partial charge in [0.05, 0.1) is 14.2 Å². The van der Waals surface area contributed by atoms with Crippen LogP contribution in [0.3, 0.4) is 0 Å². The quantitative estimate of drug-likeness (QED) is 0.189. The lowest BCUT2D eigenvalue weighted by atomic mass is 10.0. The van der Waals surface area contributed by atoms with Crippen LogP contribution in [-0.2, 0) is 28.7 Å². The SMILES string of the molecule is COC(=O)C1CSSC[C@H](C(=O)OC)NC(=O)C(C)(C)NC(=O)NCCCCCCNC(=O)NC(C)(C)C(=O)N1.